The van der Waals surface area contributed by atoms with Gasteiger partial charge < -0.3 is 15.2 Å². The van der Waals surface area contributed by atoms with Gasteiger partial charge in [-0.3, -0.25) is 9.36 Å². The standard InChI is InChI=1S/C24H30ClF5N4O3/c1-3-17-33-18(21(35)32-13-23(36)9-6-14(2)7-10-23)19(25)34(17)20-16(37-22(26)27)11-15(12-31-20)5-4-8-24(28,29)30/h11-12,14,22,36H,3-10,13H2,1-2H3,(H,32,35). The predicted octanol–water partition coefficient (Wildman–Crippen LogP) is 5.64. The van der Waals surface area contributed by atoms with Crippen LogP contribution < -0.4 is 10.1 Å². The van der Waals surface area contributed by atoms with Crippen LogP contribution in [0.4, 0.5) is 22.0 Å². The number of aromatic nitrogens is 3. The molecule has 0 radical (unpaired) electrons. The monoisotopic (exact) mass is 552 g/mol. The summed E-state index contributed by atoms with van der Waals surface area (Å²) in [6.45, 7) is 0.585. The molecule has 0 bridgehead atoms. The van der Waals surface area contributed by atoms with Crippen molar-refractivity contribution in [2.75, 3.05) is 6.54 Å². The highest BCUT2D eigenvalue weighted by atomic mass is 35.5. The molecule has 3 rings (SSSR count). The minimum atomic E-state index is -4.34. The summed E-state index contributed by atoms with van der Waals surface area (Å²) in [6, 6.07) is 1.18. The second-order valence-electron chi connectivity index (χ2n) is 9.46. The zero-order chi connectivity index (χ0) is 27.4. The number of hydrogen-bond acceptors (Lipinski definition) is 5. The zero-order valence-electron chi connectivity index (χ0n) is 20.5. The number of nitrogens with one attached hydrogen (secondary N) is 1. The lowest BCUT2D eigenvalue weighted by atomic mass is 9.79. The van der Waals surface area contributed by atoms with Crippen LogP contribution in [0.1, 0.15) is 74.2 Å². The number of amides is 1. The summed E-state index contributed by atoms with van der Waals surface area (Å²) in [7, 11) is 0. The number of alkyl halides is 5. The van der Waals surface area contributed by atoms with Crippen molar-refractivity contribution < 1.29 is 36.6 Å². The topological polar surface area (TPSA) is 89.3 Å². The van der Waals surface area contributed by atoms with Crippen LogP contribution in [0.25, 0.3) is 5.82 Å². The number of halogens is 6. The second-order valence-corrected chi connectivity index (χ2v) is 9.82. The van der Waals surface area contributed by atoms with Gasteiger partial charge >= 0.3 is 12.8 Å². The van der Waals surface area contributed by atoms with Gasteiger partial charge in [0, 0.05) is 25.6 Å². The Labute approximate surface area is 216 Å². The van der Waals surface area contributed by atoms with Crippen molar-refractivity contribution in [1.82, 2.24) is 19.9 Å². The van der Waals surface area contributed by atoms with Gasteiger partial charge in [0.2, 0.25) is 0 Å². The molecule has 0 saturated heterocycles. The number of carbonyl (C=O) groups is 1. The number of aryl methyl sites for hydroxylation is 2. The first-order chi connectivity index (χ1) is 17.3. The van der Waals surface area contributed by atoms with Crippen molar-refractivity contribution in [3.8, 4) is 11.6 Å². The number of aliphatic hydroxyl groups is 1. The summed E-state index contributed by atoms with van der Waals surface area (Å²) >= 11 is 6.46. The van der Waals surface area contributed by atoms with Crippen LogP contribution in [0.15, 0.2) is 12.3 Å². The summed E-state index contributed by atoms with van der Waals surface area (Å²) < 4.78 is 69.6. The largest absolute Gasteiger partial charge is 0.431 e. The maximum absolute atomic E-state index is 13.2. The molecule has 2 aromatic heterocycles. The Morgan fingerprint density at radius 2 is 2.03 bits per heavy atom. The Hall–Kier alpha value is -2.47. The molecule has 1 saturated carbocycles. The minimum absolute atomic E-state index is 0.00775. The number of pyridine rings is 1. The van der Waals surface area contributed by atoms with E-state index >= 15 is 0 Å². The number of rotatable bonds is 10. The van der Waals surface area contributed by atoms with E-state index < -0.39 is 36.5 Å². The average molecular weight is 553 g/mol. The van der Waals surface area contributed by atoms with Gasteiger partial charge in [-0.2, -0.15) is 22.0 Å². The Morgan fingerprint density at radius 3 is 2.62 bits per heavy atom. The summed E-state index contributed by atoms with van der Waals surface area (Å²) in [5.74, 6) is -0.497. The number of imidazole rings is 1. The number of ether oxygens (including phenoxy) is 1. The van der Waals surface area contributed by atoms with Crippen molar-refractivity contribution >= 4 is 17.5 Å². The van der Waals surface area contributed by atoms with Gasteiger partial charge in [0.15, 0.2) is 17.3 Å². The van der Waals surface area contributed by atoms with Gasteiger partial charge in [-0.15, -0.1) is 0 Å². The third-order valence-electron chi connectivity index (χ3n) is 6.45. The molecule has 1 amide bonds. The summed E-state index contributed by atoms with van der Waals surface area (Å²) in [4.78, 5) is 21.3. The molecular weight excluding hydrogens is 523 g/mol. The zero-order valence-corrected chi connectivity index (χ0v) is 21.3. The maximum Gasteiger partial charge on any atom is 0.389 e. The molecule has 2 heterocycles. The smallest absolute Gasteiger partial charge is 0.389 e. The summed E-state index contributed by atoms with van der Waals surface area (Å²) in [5.41, 5.74) is -0.941. The van der Waals surface area contributed by atoms with E-state index in [-0.39, 0.29) is 53.9 Å². The Bertz CT molecular complexity index is 1090. The molecule has 0 spiro atoms. The van der Waals surface area contributed by atoms with Crippen LogP contribution in [-0.2, 0) is 12.8 Å². The van der Waals surface area contributed by atoms with Crippen molar-refractivity contribution in [2.24, 2.45) is 5.92 Å². The van der Waals surface area contributed by atoms with Crippen molar-refractivity contribution in [3.63, 3.8) is 0 Å². The lowest BCUT2D eigenvalue weighted by Crippen LogP contribution is -2.45. The highest BCUT2D eigenvalue weighted by Gasteiger charge is 2.33. The molecule has 1 aliphatic rings. The predicted molar refractivity (Wildman–Crippen MR) is 126 cm³/mol. The van der Waals surface area contributed by atoms with Gasteiger partial charge in [-0.05, 0) is 56.1 Å². The average Bonchev–Trinajstić information content (AvgIpc) is 3.15. The first kappa shape index (κ1) is 29.1. The van der Waals surface area contributed by atoms with Gasteiger partial charge in [-0.25, -0.2) is 9.97 Å². The van der Waals surface area contributed by atoms with Crippen LogP contribution in [0.2, 0.25) is 5.15 Å². The quantitative estimate of drug-likeness (QED) is 0.372. The third-order valence-corrected chi connectivity index (χ3v) is 6.80. The fourth-order valence-electron chi connectivity index (χ4n) is 4.30. The van der Waals surface area contributed by atoms with E-state index in [0.717, 1.165) is 12.8 Å². The molecule has 0 aliphatic heterocycles. The van der Waals surface area contributed by atoms with Gasteiger partial charge in [0.05, 0.1) is 5.60 Å². The van der Waals surface area contributed by atoms with Crippen LogP contribution in [0.5, 0.6) is 5.75 Å². The summed E-state index contributed by atoms with van der Waals surface area (Å²) in [5, 5.41) is 13.2. The molecule has 2 aromatic rings. The molecule has 13 heteroatoms. The molecule has 1 fully saturated rings. The fourth-order valence-corrected chi connectivity index (χ4v) is 4.61. The second kappa shape index (κ2) is 11.9. The maximum atomic E-state index is 13.2. The molecule has 206 valence electrons. The third kappa shape index (κ3) is 7.76. The van der Waals surface area contributed by atoms with Crippen LogP contribution >= 0.6 is 11.6 Å². The van der Waals surface area contributed by atoms with Gasteiger partial charge in [0.25, 0.3) is 5.91 Å². The van der Waals surface area contributed by atoms with Crippen LogP contribution in [0.3, 0.4) is 0 Å². The van der Waals surface area contributed by atoms with E-state index in [1.54, 1.807) is 6.92 Å². The van der Waals surface area contributed by atoms with E-state index in [2.05, 4.69) is 26.9 Å². The molecule has 37 heavy (non-hydrogen) atoms. The minimum Gasteiger partial charge on any atom is -0.431 e. The van der Waals surface area contributed by atoms with E-state index in [0.29, 0.717) is 18.8 Å². The highest BCUT2D eigenvalue weighted by Crippen LogP contribution is 2.33. The lowest BCUT2D eigenvalue weighted by Gasteiger charge is -2.34. The number of hydrogen-bond donors (Lipinski definition) is 2. The fraction of sp³-hybridized carbons (Fsp3) is 0.625. The van der Waals surface area contributed by atoms with Crippen molar-refractivity contribution in [1.29, 1.82) is 0 Å². The van der Waals surface area contributed by atoms with E-state index in [9.17, 15) is 31.9 Å². The van der Waals surface area contributed by atoms with Crippen molar-refractivity contribution in [3.05, 3.63) is 34.5 Å². The lowest BCUT2D eigenvalue weighted by molar-refractivity contribution is -0.135. The Morgan fingerprint density at radius 1 is 1.35 bits per heavy atom. The molecule has 0 aromatic carbocycles. The van der Waals surface area contributed by atoms with E-state index in [1.807, 2.05) is 0 Å². The number of carbonyl (C=O) groups excluding carboxylic acids is 1. The number of nitrogens with zero attached hydrogens (tertiary/aromatic N) is 3. The molecule has 7 nitrogen and oxygen atoms in total. The molecule has 0 unspecified atom stereocenters. The van der Waals surface area contributed by atoms with Crippen LogP contribution in [0, 0.1) is 5.92 Å². The highest BCUT2D eigenvalue weighted by molar-refractivity contribution is 6.32. The van der Waals surface area contributed by atoms with Gasteiger partial charge in [-0.1, -0.05) is 25.4 Å². The van der Waals surface area contributed by atoms with Gasteiger partial charge in [0.1, 0.15) is 11.0 Å². The first-order valence-corrected chi connectivity index (χ1v) is 12.5. The first-order valence-electron chi connectivity index (χ1n) is 12.1. The van der Waals surface area contributed by atoms with Crippen molar-refractivity contribution in [2.45, 2.75) is 83.6 Å². The molecule has 1 aliphatic carbocycles. The summed E-state index contributed by atoms with van der Waals surface area (Å²) in [6.07, 6.45) is -1.40. The normalized spacial score (nSPS) is 20.3. The van der Waals surface area contributed by atoms with E-state index in [1.165, 1.54) is 16.8 Å². The Kier molecular flexibility index (Phi) is 9.38. The van der Waals surface area contributed by atoms with Crippen LogP contribution in [-0.4, -0.2) is 50.5 Å². The van der Waals surface area contributed by atoms with E-state index in [4.69, 9.17) is 11.6 Å². The molecule has 0 atom stereocenters. The Balaban J connectivity index is 1.86. The molecule has 2 N–H and O–H groups in total. The SMILES string of the molecule is CCc1nc(C(=O)NCC2(O)CCC(C)CC2)c(Cl)n1-c1ncc(CCCC(F)(F)F)cc1OC(F)F. The molecular formula is C24H30ClF5N4O3.